The van der Waals surface area contributed by atoms with Crippen LogP contribution in [-0.2, 0) is 6.42 Å². The maximum Gasteiger partial charge on any atom is 0.138 e. The second kappa shape index (κ2) is 9.29. The average molecular weight is 431 g/mol. The van der Waals surface area contributed by atoms with Gasteiger partial charge < -0.3 is 10.1 Å². The van der Waals surface area contributed by atoms with Crippen LogP contribution in [-0.4, -0.2) is 12.1 Å². The van der Waals surface area contributed by atoms with Crippen molar-refractivity contribution >= 4 is 46.6 Å². The van der Waals surface area contributed by atoms with E-state index in [9.17, 15) is 0 Å². The van der Waals surface area contributed by atoms with Crippen LogP contribution >= 0.6 is 23.2 Å². The molecule has 29 heavy (non-hydrogen) atoms. The fourth-order valence-electron chi connectivity index (χ4n) is 2.91. The number of anilines is 2. The van der Waals surface area contributed by atoms with Crippen molar-refractivity contribution in [1.29, 1.82) is 0 Å². The van der Waals surface area contributed by atoms with Crippen LogP contribution in [0.1, 0.15) is 29.2 Å². The lowest BCUT2D eigenvalue weighted by Gasteiger charge is -2.13. The summed E-state index contributed by atoms with van der Waals surface area (Å²) in [6.45, 7) is 3.95. The number of rotatable bonds is 6. The van der Waals surface area contributed by atoms with Gasteiger partial charge in [-0.25, -0.2) is 9.37 Å². The number of nitrogens with one attached hydrogen (secondary N) is 1. The Morgan fingerprint density at radius 1 is 1.17 bits per heavy atom. The normalized spacial score (nSPS) is 11.4. The lowest BCUT2D eigenvalue weighted by atomic mass is 10.1. The third-order valence-corrected chi connectivity index (χ3v) is 5.38. The molecule has 0 unspecified atom stereocenters. The Morgan fingerprint density at radius 2 is 1.93 bits per heavy atom. The monoisotopic (exact) mass is 430 g/mol. The van der Waals surface area contributed by atoms with Crippen LogP contribution in [0.2, 0.25) is 10.0 Å². The maximum absolute atomic E-state index is 15.1. The summed E-state index contributed by atoms with van der Waals surface area (Å²) in [5, 5.41) is 3.69. The quantitative estimate of drug-likeness (QED) is 0.439. The second-order valence-electron chi connectivity index (χ2n) is 6.50. The molecule has 0 radical (unpaired) electrons. The van der Waals surface area contributed by atoms with Crippen molar-refractivity contribution in [1.82, 2.24) is 4.98 Å². The summed E-state index contributed by atoms with van der Waals surface area (Å²) < 4.78 is 20.3. The largest absolute Gasteiger partial charge is 0.495 e. The maximum atomic E-state index is 15.1. The molecular formula is C23H21Cl2FN2O. The number of hydrogen-bond donors (Lipinski definition) is 1. The van der Waals surface area contributed by atoms with E-state index >= 15 is 4.39 Å². The number of hydrogen-bond acceptors (Lipinski definition) is 3. The van der Waals surface area contributed by atoms with Crippen molar-refractivity contribution in [2.75, 3.05) is 12.4 Å². The number of aromatic nitrogens is 1. The topological polar surface area (TPSA) is 34.1 Å². The molecule has 0 aliphatic carbocycles. The molecule has 3 nitrogen and oxygen atoms in total. The third kappa shape index (κ3) is 4.72. The minimum Gasteiger partial charge on any atom is -0.495 e. The standard InChI is InChI=1S/C23H21Cl2FN2O/c1-4-16-12-19(29-3)23(25)21(22(16)24)17(26)11-15-9-10-20(27-13-15)28-18-8-6-5-7-14(18)2/h5-13H,4H2,1-3H3,(H,27,28)/b17-11-. The fraction of sp³-hybridized carbons (Fsp3) is 0.174. The highest BCUT2D eigenvalue weighted by Gasteiger charge is 2.19. The molecule has 0 spiro atoms. The van der Waals surface area contributed by atoms with Gasteiger partial charge in [0.2, 0.25) is 0 Å². The van der Waals surface area contributed by atoms with Crippen molar-refractivity contribution in [3.63, 3.8) is 0 Å². The van der Waals surface area contributed by atoms with Gasteiger partial charge >= 0.3 is 0 Å². The first-order chi connectivity index (χ1) is 13.9. The van der Waals surface area contributed by atoms with Gasteiger partial charge in [0.05, 0.1) is 22.7 Å². The van der Waals surface area contributed by atoms with Gasteiger partial charge in [0.1, 0.15) is 17.4 Å². The molecule has 3 rings (SSSR count). The van der Waals surface area contributed by atoms with E-state index in [1.807, 2.05) is 38.1 Å². The predicted octanol–water partition coefficient (Wildman–Crippen LogP) is 7.48. The number of pyridine rings is 1. The van der Waals surface area contributed by atoms with Gasteiger partial charge in [-0.15, -0.1) is 0 Å². The highest BCUT2D eigenvalue weighted by molar-refractivity contribution is 6.39. The zero-order valence-electron chi connectivity index (χ0n) is 16.4. The Balaban J connectivity index is 1.90. The molecular weight excluding hydrogens is 410 g/mol. The molecule has 150 valence electrons. The smallest absolute Gasteiger partial charge is 0.138 e. The number of ether oxygens (including phenoxy) is 1. The van der Waals surface area contributed by atoms with Gasteiger partial charge in [-0.3, -0.25) is 0 Å². The van der Waals surface area contributed by atoms with E-state index in [1.54, 1.807) is 24.4 Å². The van der Waals surface area contributed by atoms with Gasteiger partial charge in [-0.2, -0.15) is 0 Å². The summed E-state index contributed by atoms with van der Waals surface area (Å²) >= 11 is 12.7. The zero-order chi connectivity index (χ0) is 21.0. The number of halogens is 3. The minimum atomic E-state index is -0.546. The molecule has 1 aromatic heterocycles. The van der Waals surface area contributed by atoms with Crippen molar-refractivity contribution in [2.45, 2.75) is 20.3 Å². The molecule has 1 heterocycles. The van der Waals surface area contributed by atoms with E-state index in [1.165, 1.54) is 13.2 Å². The van der Waals surface area contributed by atoms with Crippen LogP contribution in [0.15, 0.2) is 48.7 Å². The number of nitrogens with zero attached hydrogens (tertiary/aromatic N) is 1. The molecule has 0 saturated heterocycles. The minimum absolute atomic E-state index is 0.131. The molecule has 0 bridgehead atoms. The Labute approximate surface area is 180 Å². The Hall–Kier alpha value is -2.56. The van der Waals surface area contributed by atoms with E-state index in [4.69, 9.17) is 27.9 Å². The van der Waals surface area contributed by atoms with E-state index < -0.39 is 5.83 Å². The molecule has 6 heteroatoms. The Kier molecular flexibility index (Phi) is 6.78. The lowest BCUT2D eigenvalue weighted by Crippen LogP contribution is -1.96. The number of aryl methyl sites for hydroxylation is 2. The molecule has 2 aromatic carbocycles. The third-order valence-electron chi connectivity index (χ3n) is 4.57. The first-order valence-electron chi connectivity index (χ1n) is 9.15. The SMILES string of the molecule is CCc1cc(OC)c(Cl)c(/C(F)=C/c2ccc(Nc3ccccc3C)nc2)c1Cl. The van der Waals surface area contributed by atoms with Crippen LogP contribution in [0.3, 0.4) is 0 Å². The van der Waals surface area contributed by atoms with Gasteiger partial charge in [-0.05, 0) is 60.4 Å². The number of benzene rings is 2. The molecule has 0 aliphatic heterocycles. The van der Waals surface area contributed by atoms with E-state index in [2.05, 4.69) is 10.3 Å². The molecule has 1 N–H and O–H groups in total. The summed E-state index contributed by atoms with van der Waals surface area (Å²) in [6.07, 6.45) is 3.58. The fourth-order valence-corrected chi connectivity index (χ4v) is 3.65. The lowest BCUT2D eigenvalue weighted by molar-refractivity contribution is 0.414. The van der Waals surface area contributed by atoms with Gasteiger partial charge in [-0.1, -0.05) is 48.3 Å². The van der Waals surface area contributed by atoms with Crippen LogP contribution in [0.5, 0.6) is 5.75 Å². The summed E-state index contributed by atoms with van der Waals surface area (Å²) in [5.74, 6) is 0.514. The molecule has 0 atom stereocenters. The summed E-state index contributed by atoms with van der Waals surface area (Å²) in [7, 11) is 1.49. The molecule has 3 aromatic rings. The van der Waals surface area contributed by atoms with E-state index in [0.717, 1.165) is 16.8 Å². The van der Waals surface area contributed by atoms with Crippen molar-refractivity contribution < 1.29 is 9.13 Å². The van der Waals surface area contributed by atoms with Crippen LogP contribution < -0.4 is 10.1 Å². The van der Waals surface area contributed by atoms with Crippen molar-refractivity contribution in [2.24, 2.45) is 0 Å². The molecule has 0 saturated carbocycles. The number of methoxy groups -OCH3 is 1. The van der Waals surface area contributed by atoms with Gasteiger partial charge in [0.25, 0.3) is 0 Å². The Morgan fingerprint density at radius 3 is 2.55 bits per heavy atom. The zero-order valence-corrected chi connectivity index (χ0v) is 17.9. The van der Waals surface area contributed by atoms with Crippen LogP contribution in [0, 0.1) is 6.92 Å². The van der Waals surface area contributed by atoms with E-state index in [0.29, 0.717) is 23.6 Å². The summed E-state index contributed by atoms with van der Waals surface area (Å²) in [5.41, 5.74) is 3.56. The summed E-state index contributed by atoms with van der Waals surface area (Å²) in [6, 6.07) is 13.2. The highest BCUT2D eigenvalue weighted by Crippen LogP contribution is 2.41. The van der Waals surface area contributed by atoms with Crippen LogP contribution in [0.25, 0.3) is 11.9 Å². The van der Waals surface area contributed by atoms with Gasteiger partial charge in [0.15, 0.2) is 0 Å². The summed E-state index contributed by atoms with van der Waals surface area (Å²) in [4.78, 5) is 4.36. The molecule has 0 fully saturated rings. The van der Waals surface area contributed by atoms with Crippen molar-refractivity contribution in [3.05, 3.63) is 81.0 Å². The first kappa shape index (κ1) is 21.2. The van der Waals surface area contributed by atoms with Crippen LogP contribution in [0.4, 0.5) is 15.9 Å². The van der Waals surface area contributed by atoms with E-state index in [-0.39, 0.29) is 15.6 Å². The Bertz CT molecular complexity index is 1020. The second-order valence-corrected chi connectivity index (χ2v) is 7.26. The number of para-hydroxylation sites is 1. The molecule has 0 aliphatic rings. The molecule has 0 amide bonds. The highest BCUT2D eigenvalue weighted by atomic mass is 35.5. The first-order valence-corrected chi connectivity index (χ1v) is 9.91. The van der Waals surface area contributed by atoms with Gasteiger partial charge in [0, 0.05) is 11.9 Å². The van der Waals surface area contributed by atoms with Crippen molar-refractivity contribution in [3.8, 4) is 5.75 Å². The predicted molar refractivity (Wildman–Crippen MR) is 120 cm³/mol. The average Bonchev–Trinajstić information content (AvgIpc) is 2.71.